The van der Waals surface area contributed by atoms with Crippen LogP contribution >= 0.6 is 0 Å². The molecule has 22 heavy (non-hydrogen) atoms. The average molecular weight is 324 g/mol. The van der Waals surface area contributed by atoms with Crippen LogP contribution in [0.1, 0.15) is 44.6 Å². The van der Waals surface area contributed by atoms with Gasteiger partial charge in [-0.3, -0.25) is 0 Å². The first-order chi connectivity index (χ1) is 10.4. The lowest BCUT2D eigenvalue weighted by Gasteiger charge is -2.21. The van der Waals surface area contributed by atoms with Crippen molar-refractivity contribution in [3.63, 3.8) is 0 Å². The second-order valence-corrected chi connectivity index (χ2v) is 8.45. The van der Waals surface area contributed by atoms with Crippen molar-refractivity contribution in [2.75, 3.05) is 12.8 Å². The molecule has 2 atom stereocenters. The van der Waals surface area contributed by atoms with E-state index in [1.54, 1.807) is 12.1 Å². The molecular weight excluding hydrogens is 296 g/mol. The molecule has 5 heteroatoms. The molecule has 0 saturated carbocycles. The van der Waals surface area contributed by atoms with Crippen molar-refractivity contribution in [2.45, 2.75) is 62.6 Å². The Labute approximate surface area is 134 Å². The summed E-state index contributed by atoms with van der Waals surface area (Å²) in [6, 6.07) is 8.22. The molecule has 0 aliphatic carbocycles. The predicted molar refractivity (Wildman–Crippen MR) is 90.7 cm³/mol. The van der Waals surface area contributed by atoms with E-state index in [4.69, 9.17) is 0 Å². The van der Waals surface area contributed by atoms with Gasteiger partial charge in [0.1, 0.15) is 0 Å². The molecule has 1 aliphatic heterocycles. The molecule has 1 saturated heterocycles. The summed E-state index contributed by atoms with van der Waals surface area (Å²) < 4.78 is 22.9. The van der Waals surface area contributed by atoms with Crippen molar-refractivity contribution in [3.05, 3.63) is 29.8 Å². The molecule has 4 nitrogen and oxygen atoms in total. The third kappa shape index (κ3) is 5.71. The maximum Gasteiger partial charge on any atom is 0.175 e. The lowest BCUT2D eigenvalue weighted by atomic mass is 10.0. The van der Waals surface area contributed by atoms with Gasteiger partial charge in [-0.1, -0.05) is 25.0 Å². The van der Waals surface area contributed by atoms with Gasteiger partial charge in [-0.2, -0.15) is 0 Å². The van der Waals surface area contributed by atoms with Crippen molar-refractivity contribution in [3.8, 4) is 0 Å². The second kappa shape index (κ2) is 8.09. The molecule has 2 rings (SSSR count). The molecule has 2 N–H and O–H groups in total. The van der Waals surface area contributed by atoms with Crippen LogP contribution in [0.25, 0.3) is 0 Å². The van der Waals surface area contributed by atoms with Gasteiger partial charge in [0.25, 0.3) is 0 Å². The summed E-state index contributed by atoms with van der Waals surface area (Å²) in [5, 5.41) is 7.16. The summed E-state index contributed by atoms with van der Waals surface area (Å²) in [6.45, 7) is 4.14. The van der Waals surface area contributed by atoms with Crippen LogP contribution in [0.4, 0.5) is 0 Å². The standard InChI is InChI=1S/C17H28N2O2S/c1-14(12-16-6-4-3-5-11-18-16)19-13-15-7-9-17(10-8-15)22(2,20)21/h7-10,14,16,18-19H,3-6,11-13H2,1-2H3. The Morgan fingerprint density at radius 3 is 2.64 bits per heavy atom. The summed E-state index contributed by atoms with van der Waals surface area (Å²) in [5.41, 5.74) is 1.12. The molecule has 1 heterocycles. The van der Waals surface area contributed by atoms with Gasteiger partial charge in [-0.25, -0.2) is 8.42 Å². The minimum atomic E-state index is -3.10. The summed E-state index contributed by atoms with van der Waals surface area (Å²) in [7, 11) is -3.10. The van der Waals surface area contributed by atoms with Crippen LogP contribution in [0.2, 0.25) is 0 Å². The van der Waals surface area contributed by atoms with Crippen LogP contribution in [-0.2, 0) is 16.4 Å². The van der Waals surface area contributed by atoms with E-state index in [0.29, 0.717) is 17.0 Å². The first-order valence-corrected chi connectivity index (χ1v) is 10.1. The molecule has 0 spiro atoms. The quantitative estimate of drug-likeness (QED) is 0.844. The third-order valence-electron chi connectivity index (χ3n) is 4.31. The molecule has 2 unspecified atom stereocenters. The van der Waals surface area contributed by atoms with Crippen molar-refractivity contribution in [1.82, 2.24) is 10.6 Å². The fraction of sp³-hybridized carbons (Fsp3) is 0.647. The minimum absolute atomic E-state index is 0.381. The van der Waals surface area contributed by atoms with E-state index in [0.717, 1.165) is 25.1 Å². The van der Waals surface area contributed by atoms with Gasteiger partial charge >= 0.3 is 0 Å². The Bertz CT molecular complexity index is 547. The van der Waals surface area contributed by atoms with Crippen LogP contribution in [0.15, 0.2) is 29.2 Å². The summed E-state index contributed by atoms with van der Waals surface area (Å²) in [4.78, 5) is 0.381. The topological polar surface area (TPSA) is 58.2 Å². The van der Waals surface area contributed by atoms with Gasteiger partial charge in [0, 0.05) is 24.9 Å². The van der Waals surface area contributed by atoms with Gasteiger partial charge in [-0.05, 0) is 50.4 Å². The Morgan fingerprint density at radius 2 is 1.95 bits per heavy atom. The fourth-order valence-electron chi connectivity index (χ4n) is 2.96. The molecule has 124 valence electrons. The van der Waals surface area contributed by atoms with E-state index in [9.17, 15) is 8.42 Å². The number of benzene rings is 1. The van der Waals surface area contributed by atoms with Gasteiger partial charge in [0.05, 0.1) is 4.90 Å². The SMILES string of the molecule is CC(CC1CCCCCN1)NCc1ccc(S(C)(=O)=O)cc1. The van der Waals surface area contributed by atoms with E-state index in [2.05, 4.69) is 17.6 Å². The highest BCUT2D eigenvalue weighted by atomic mass is 32.2. The first kappa shape index (κ1) is 17.4. The molecule has 1 aromatic rings. The Morgan fingerprint density at radius 1 is 1.23 bits per heavy atom. The lowest BCUT2D eigenvalue weighted by Crippen LogP contribution is -2.36. The molecule has 0 radical (unpaired) electrons. The summed E-state index contributed by atoms with van der Waals surface area (Å²) >= 11 is 0. The number of nitrogens with one attached hydrogen (secondary N) is 2. The average Bonchev–Trinajstić information content (AvgIpc) is 2.73. The highest BCUT2D eigenvalue weighted by molar-refractivity contribution is 7.90. The van der Waals surface area contributed by atoms with E-state index in [1.807, 2.05) is 12.1 Å². The van der Waals surface area contributed by atoms with Crippen molar-refractivity contribution < 1.29 is 8.42 Å². The zero-order valence-corrected chi connectivity index (χ0v) is 14.5. The van der Waals surface area contributed by atoms with Gasteiger partial charge in [0.15, 0.2) is 9.84 Å². The minimum Gasteiger partial charge on any atom is -0.314 e. The van der Waals surface area contributed by atoms with E-state index in [1.165, 1.54) is 31.9 Å². The second-order valence-electron chi connectivity index (χ2n) is 6.43. The fourth-order valence-corrected chi connectivity index (χ4v) is 3.59. The molecule has 1 aliphatic rings. The molecule has 1 fully saturated rings. The number of rotatable bonds is 6. The maximum absolute atomic E-state index is 11.4. The van der Waals surface area contributed by atoms with Crippen LogP contribution in [-0.4, -0.2) is 33.3 Å². The molecular formula is C17H28N2O2S. The zero-order valence-electron chi connectivity index (χ0n) is 13.6. The summed E-state index contributed by atoms with van der Waals surface area (Å²) in [6.07, 6.45) is 7.62. The Hall–Kier alpha value is -0.910. The summed E-state index contributed by atoms with van der Waals surface area (Å²) in [5.74, 6) is 0. The van der Waals surface area contributed by atoms with Crippen molar-refractivity contribution in [2.24, 2.45) is 0 Å². The van der Waals surface area contributed by atoms with Gasteiger partial charge in [0.2, 0.25) is 0 Å². The van der Waals surface area contributed by atoms with E-state index < -0.39 is 9.84 Å². The zero-order chi connectivity index (χ0) is 16.0. The van der Waals surface area contributed by atoms with Crippen LogP contribution in [0.5, 0.6) is 0 Å². The highest BCUT2D eigenvalue weighted by Gasteiger charge is 2.14. The highest BCUT2D eigenvalue weighted by Crippen LogP contribution is 2.14. The van der Waals surface area contributed by atoms with E-state index in [-0.39, 0.29) is 0 Å². The molecule has 1 aromatic carbocycles. The van der Waals surface area contributed by atoms with Crippen LogP contribution in [0.3, 0.4) is 0 Å². The maximum atomic E-state index is 11.4. The largest absolute Gasteiger partial charge is 0.314 e. The van der Waals surface area contributed by atoms with Gasteiger partial charge in [-0.15, -0.1) is 0 Å². The number of hydrogen-bond donors (Lipinski definition) is 2. The Kier molecular flexibility index (Phi) is 6.41. The van der Waals surface area contributed by atoms with Crippen LogP contribution in [0, 0.1) is 0 Å². The van der Waals surface area contributed by atoms with Crippen LogP contribution < -0.4 is 10.6 Å². The molecule has 0 aromatic heterocycles. The smallest absolute Gasteiger partial charge is 0.175 e. The van der Waals surface area contributed by atoms with E-state index >= 15 is 0 Å². The number of hydrogen-bond acceptors (Lipinski definition) is 4. The molecule has 0 bridgehead atoms. The van der Waals surface area contributed by atoms with Crippen molar-refractivity contribution in [1.29, 1.82) is 0 Å². The monoisotopic (exact) mass is 324 g/mol. The van der Waals surface area contributed by atoms with Gasteiger partial charge < -0.3 is 10.6 Å². The third-order valence-corrected chi connectivity index (χ3v) is 5.44. The van der Waals surface area contributed by atoms with Crippen molar-refractivity contribution >= 4 is 9.84 Å². The predicted octanol–water partition coefficient (Wildman–Crippen LogP) is 2.49. The number of sulfone groups is 1. The lowest BCUT2D eigenvalue weighted by molar-refractivity contribution is 0.402. The first-order valence-electron chi connectivity index (χ1n) is 8.21. The Balaban J connectivity index is 1.79. The normalized spacial score (nSPS) is 21.3. The molecule has 0 amide bonds.